The Hall–Kier alpha value is 4.38. The molecule has 0 aliphatic rings. The molecule has 2 N–H and O–H groups in total. The molecule has 0 saturated carbocycles. The summed E-state index contributed by atoms with van der Waals surface area (Å²) < 4.78 is 36.4. The average molecular weight is 294 g/mol. The predicted molar refractivity (Wildman–Crippen MR) is 54.6 cm³/mol. The first-order chi connectivity index (χ1) is 3.00. The molecule has 0 rings (SSSR count). The van der Waals surface area contributed by atoms with Crippen molar-refractivity contribution < 1.29 is 17.5 Å². The van der Waals surface area contributed by atoms with E-state index in [0.717, 1.165) is 0 Å². The van der Waals surface area contributed by atoms with Gasteiger partial charge >= 0.3 is 120 Å². The van der Waals surface area contributed by atoms with Crippen LogP contribution in [0.15, 0.2) is 0 Å². The molecule has 4 nitrogen and oxygen atoms in total. The van der Waals surface area contributed by atoms with E-state index in [9.17, 15) is 0 Å². The number of halogens is 3. The van der Waals surface area contributed by atoms with Crippen LogP contribution in [0.3, 0.4) is 0 Å². The van der Waals surface area contributed by atoms with E-state index in [4.69, 9.17) is 21.3 Å². The molecule has 0 fully saturated rings. The Labute approximate surface area is 158 Å². The van der Waals surface area contributed by atoms with Gasteiger partial charge in [0.2, 0.25) is 0 Å². The molecular formula is H6Cl3KNa2O4S. The van der Waals surface area contributed by atoms with E-state index in [2.05, 4.69) is 0 Å². The molecule has 0 aliphatic heterocycles. The van der Waals surface area contributed by atoms with Crippen molar-refractivity contribution in [1.82, 2.24) is 0 Å². The molecule has 0 amide bonds. The summed E-state index contributed by atoms with van der Waals surface area (Å²) in [5.41, 5.74) is 0. The van der Waals surface area contributed by atoms with E-state index in [-0.39, 0.29) is 83.9 Å². The third kappa shape index (κ3) is 115. The second kappa shape index (κ2) is 23.9. The van der Waals surface area contributed by atoms with Crippen molar-refractivity contribution in [1.29, 1.82) is 0 Å². The topological polar surface area (TPSA) is 74.6 Å². The van der Waals surface area contributed by atoms with Crippen molar-refractivity contribution in [3.63, 3.8) is 0 Å². The third-order valence-electron chi connectivity index (χ3n) is 0. The first kappa shape index (κ1) is 36.1. The second-order valence-corrected chi connectivity index (χ2v) is 1.34. The van der Waals surface area contributed by atoms with E-state index in [1.165, 1.54) is 0 Å². The first-order valence-electron chi connectivity index (χ1n) is 1.08. The van der Waals surface area contributed by atoms with Gasteiger partial charge in [0.25, 0.3) is 0 Å². The monoisotopic (exact) mass is 292 g/mol. The van der Waals surface area contributed by atoms with Crippen molar-refractivity contribution in [2.24, 2.45) is 0 Å². The minimum atomic E-state index is -4.67. The molecule has 0 radical (unpaired) electrons. The zero-order valence-electron chi connectivity index (χ0n) is 4.31. The average Bonchev–Trinajstić information content (AvgIpc) is 1.36. The molecule has 0 aromatic heterocycles. The predicted octanol–water partition coefficient (Wildman–Crippen LogP) is -0.797. The fraction of sp³-hybridized carbons (Fsp3) is 0. The summed E-state index contributed by atoms with van der Waals surface area (Å²) in [5.74, 6) is 0. The number of rotatable bonds is 0. The van der Waals surface area contributed by atoms with Crippen molar-refractivity contribution in [3.05, 3.63) is 0 Å². The third-order valence-corrected chi connectivity index (χ3v) is 0. The van der Waals surface area contributed by atoms with Crippen LogP contribution in [0.5, 0.6) is 0 Å². The van der Waals surface area contributed by atoms with Gasteiger partial charge in [0.1, 0.15) is 0 Å². The van der Waals surface area contributed by atoms with Crippen molar-refractivity contribution in [3.8, 4) is 0 Å². The van der Waals surface area contributed by atoms with E-state index in [1.54, 1.807) is 0 Å². The Balaban J connectivity index is -0.00000000972. The van der Waals surface area contributed by atoms with E-state index < -0.39 is 10.4 Å². The van der Waals surface area contributed by atoms with Gasteiger partial charge < -0.3 is 0 Å². The van der Waals surface area contributed by atoms with Crippen LogP contribution in [-0.2, 0) is 10.4 Å². The summed E-state index contributed by atoms with van der Waals surface area (Å²) in [7, 11) is -4.67. The van der Waals surface area contributed by atoms with Gasteiger partial charge in [-0.05, 0) is 0 Å². The van der Waals surface area contributed by atoms with Crippen molar-refractivity contribution in [2.45, 2.75) is 0 Å². The summed E-state index contributed by atoms with van der Waals surface area (Å²) in [6, 6.07) is 0. The molecule has 0 bridgehead atoms. The molecule has 0 heterocycles. The molecule has 0 aromatic carbocycles. The summed E-state index contributed by atoms with van der Waals surface area (Å²) in [6.45, 7) is 0. The maximum atomic E-state index is 8.74. The van der Waals surface area contributed by atoms with Gasteiger partial charge in [0.05, 0.1) is 0 Å². The molecular weight excluding hydrogens is 288 g/mol. The quantitative estimate of drug-likeness (QED) is 0.453. The van der Waals surface area contributed by atoms with Crippen molar-refractivity contribution >= 4 is 145 Å². The van der Waals surface area contributed by atoms with Crippen LogP contribution in [0.2, 0.25) is 0 Å². The summed E-state index contributed by atoms with van der Waals surface area (Å²) >= 11 is 0.535. The van der Waals surface area contributed by atoms with Gasteiger partial charge in [-0.2, -0.15) is 8.42 Å². The van der Waals surface area contributed by atoms with Gasteiger partial charge in [0.15, 0.2) is 0 Å². The van der Waals surface area contributed by atoms with E-state index in [1.807, 2.05) is 0 Å². The van der Waals surface area contributed by atoms with Crippen LogP contribution in [0.1, 0.15) is 0 Å². The van der Waals surface area contributed by atoms with Gasteiger partial charge in [-0.25, -0.2) is 0 Å². The van der Waals surface area contributed by atoms with Gasteiger partial charge in [-0.15, -0.1) is 24.8 Å². The van der Waals surface area contributed by atoms with Gasteiger partial charge in [-0.1, -0.05) is 0 Å². The van der Waals surface area contributed by atoms with E-state index in [0.29, 0.717) is 47.1 Å². The molecule has 0 spiro atoms. The SMILES string of the molecule is Cl.Cl.O=S(=O)(O)O.[Cl][K].[NaH].[NaH]. The number of hydrogen-bond donors (Lipinski definition) is 2. The Morgan fingerprint density at radius 1 is 1.00 bits per heavy atom. The molecule has 0 aromatic rings. The van der Waals surface area contributed by atoms with Crippen LogP contribution >= 0.6 is 28.6 Å². The van der Waals surface area contributed by atoms with Crippen LogP contribution in [0.4, 0.5) is 0 Å². The molecule has 0 aliphatic carbocycles. The fourth-order valence-corrected chi connectivity index (χ4v) is 0. The summed E-state index contributed by atoms with van der Waals surface area (Å²) in [5, 5.41) is 0. The Morgan fingerprint density at radius 3 is 1.00 bits per heavy atom. The fourth-order valence-electron chi connectivity index (χ4n) is 0. The first-order valence-corrected chi connectivity index (χ1v) is 6.77. The molecule has 0 saturated heterocycles. The van der Waals surface area contributed by atoms with Crippen molar-refractivity contribution in [2.75, 3.05) is 0 Å². The van der Waals surface area contributed by atoms with Crippen LogP contribution in [-0.4, -0.2) is 124 Å². The molecule has 60 valence electrons. The maximum absolute atomic E-state index is 8.74. The Morgan fingerprint density at radius 2 is 1.00 bits per heavy atom. The molecule has 11 heteroatoms. The second-order valence-electron chi connectivity index (χ2n) is 0.448. The van der Waals surface area contributed by atoms with Gasteiger partial charge in [0, 0.05) is 0 Å². The Kier molecular flexibility index (Phi) is 78.5. The summed E-state index contributed by atoms with van der Waals surface area (Å²) in [6.07, 6.45) is 0. The zero-order valence-corrected chi connectivity index (χ0v) is 10.6. The minimum absolute atomic E-state index is 0. The molecule has 0 atom stereocenters. The zero-order chi connectivity index (χ0) is 6.50. The molecule has 0 unspecified atom stereocenters. The van der Waals surface area contributed by atoms with Crippen LogP contribution in [0.25, 0.3) is 0 Å². The summed E-state index contributed by atoms with van der Waals surface area (Å²) in [4.78, 5) is 0. The van der Waals surface area contributed by atoms with Gasteiger partial charge in [-0.3, -0.25) is 9.11 Å². The van der Waals surface area contributed by atoms with Crippen LogP contribution in [0, 0.1) is 0 Å². The standard InChI is InChI=1S/3ClH.K.2Na.H2O4S.2H/c;;;;;;1-5(2,3)4;;/h3*1H;;;;(H2,1,2,3,4);;/q;;;+1;;;;;/p-1. The van der Waals surface area contributed by atoms with Crippen LogP contribution < -0.4 is 0 Å². The molecule has 11 heavy (non-hydrogen) atoms. The number of hydrogen-bond acceptors (Lipinski definition) is 2. The Bertz CT molecular complexity index is 107. The normalized spacial score (nSPS) is 5.91. The van der Waals surface area contributed by atoms with E-state index >= 15 is 0 Å².